The van der Waals surface area contributed by atoms with Crippen molar-refractivity contribution in [3.8, 4) is 0 Å². The van der Waals surface area contributed by atoms with Gasteiger partial charge >= 0.3 is 0 Å². The van der Waals surface area contributed by atoms with Crippen LogP contribution in [-0.2, 0) is 17.8 Å². The van der Waals surface area contributed by atoms with Gasteiger partial charge < -0.3 is 5.32 Å². The number of likely N-dealkylation sites (tertiary alicyclic amines) is 1. The second-order valence-electron chi connectivity index (χ2n) is 7.63. The monoisotopic (exact) mass is 402 g/mol. The van der Waals surface area contributed by atoms with Crippen LogP contribution in [0.4, 0.5) is 4.39 Å². The number of nitrogens with zero attached hydrogens (tertiary/aromatic N) is 1. The first-order valence-electron chi connectivity index (χ1n) is 10.0. The number of carbonyl (C=O) groups excluding carboxylic acids is 1. The summed E-state index contributed by atoms with van der Waals surface area (Å²) in [6.45, 7) is 4.87. The molecule has 0 unspecified atom stereocenters. The maximum absolute atomic E-state index is 14.0. The Hall–Kier alpha value is -1.91. The molecule has 0 saturated carbocycles. The van der Waals surface area contributed by atoms with Crippen LogP contribution in [0.3, 0.4) is 0 Å². The van der Waals surface area contributed by atoms with Crippen LogP contribution in [0.15, 0.2) is 42.5 Å². The third kappa shape index (κ3) is 5.79. The van der Waals surface area contributed by atoms with Gasteiger partial charge in [-0.2, -0.15) is 0 Å². The molecule has 0 aromatic heterocycles. The van der Waals surface area contributed by atoms with E-state index in [-0.39, 0.29) is 17.6 Å². The number of nitrogens with one attached hydrogen (secondary N) is 1. The SMILES string of the molecule is Cc1cccc(CCCNC(=O)C2CCN(Cc3c(F)cccc3Cl)CC2)c1. The molecule has 0 radical (unpaired) electrons. The second-order valence-corrected chi connectivity index (χ2v) is 8.04. The van der Waals surface area contributed by atoms with Gasteiger partial charge in [-0.25, -0.2) is 4.39 Å². The van der Waals surface area contributed by atoms with E-state index in [9.17, 15) is 9.18 Å². The van der Waals surface area contributed by atoms with Crippen LogP contribution in [0, 0.1) is 18.7 Å². The van der Waals surface area contributed by atoms with Crippen LogP contribution in [0.1, 0.15) is 36.0 Å². The zero-order chi connectivity index (χ0) is 19.9. The Morgan fingerprint density at radius 1 is 1.21 bits per heavy atom. The third-order valence-corrected chi connectivity index (χ3v) is 5.78. The molecule has 3 nitrogen and oxygen atoms in total. The van der Waals surface area contributed by atoms with E-state index in [1.54, 1.807) is 12.1 Å². The number of hydrogen-bond donors (Lipinski definition) is 1. The fourth-order valence-electron chi connectivity index (χ4n) is 3.78. The number of rotatable bonds is 7. The van der Waals surface area contributed by atoms with E-state index in [1.807, 2.05) is 0 Å². The Morgan fingerprint density at radius 3 is 2.68 bits per heavy atom. The fraction of sp³-hybridized carbons (Fsp3) is 0.435. The first-order valence-corrected chi connectivity index (χ1v) is 10.4. The molecule has 3 rings (SSSR count). The van der Waals surface area contributed by atoms with E-state index in [1.165, 1.54) is 17.2 Å². The molecule has 0 spiro atoms. The van der Waals surface area contributed by atoms with Crippen molar-refractivity contribution in [1.29, 1.82) is 0 Å². The van der Waals surface area contributed by atoms with Gasteiger partial charge in [0.05, 0.1) is 0 Å². The molecular weight excluding hydrogens is 375 g/mol. The molecule has 1 aliphatic rings. The first kappa shape index (κ1) is 20.8. The molecule has 2 aromatic carbocycles. The average Bonchev–Trinajstić information content (AvgIpc) is 2.69. The normalized spacial score (nSPS) is 15.5. The maximum Gasteiger partial charge on any atom is 0.223 e. The number of hydrogen-bond acceptors (Lipinski definition) is 2. The van der Waals surface area contributed by atoms with Crippen molar-refractivity contribution in [1.82, 2.24) is 10.2 Å². The van der Waals surface area contributed by atoms with Crippen molar-refractivity contribution < 1.29 is 9.18 Å². The Kier molecular flexibility index (Phi) is 7.46. The van der Waals surface area contributed by atoms with Gasteiger partial charge in [-0.15, -0.1) is 0 Å². The summed E-state index contributed by atoms with van der Waals surface area (Å²) in [5.74, 6) is -0.0693. The molecule has 1 heterocycles. The van der Waals surface area contributed by atoms with Crippen molar-refractivity contribution in [3.63, 3.8) is 0 Å². The van der Waals surface area contributed by atoms with Crippen LogP contribution >= 0.6 is 11.6 Å². The largest absolute Gasteiger partial charge is 0.356 e. The topological polar surface area (TPSA) is 32.3 Å². The molecule has 150 valence electrons. The van der Waals surface area contributed by atoms with E-state index >= 15 is 0 Å². The highest BCUT2D eigenvalue weighted by Crippen LogP contribution is 2.24. The van der Waals surface area contributed by atoms with Crippen molar-refractivity contribution in [3.05, 3.63) is 70.0 Å². The summed E-state index contributed by atoms with van der Waals surface area (Å²) in [6.07, 6.45) is 3.52. The molecule has 28 heavy (non-hydrogen) atoms. The summed E-state index contributed by atoms with van der Waals surface area (Å²) in [5.41, 5.74) is 3.13. The minimum Gasteiger partial charge on any atom is -0.356 e. The number of benzene rings is 2. The summed E-state index contributed by atoms with van der Waals surface area (Å²) < 4.78 is 14.0. The van der Waals surface area contributed by atoms with Crippen molar-refractivity contribution in [2.75, 3.05) is 19.6 Å². The summed E-state index contributed by atoms with van der Waals surface area (Å²) in [4.78, 5) is 14.6. The molecule has 1 fully saturated rings. The second kappa shape index (κ2) is 10.0. The molecular formula is C23H28ClFN2O. The first-order chi connectivity index (χ1) is 13.5. The lowest BCUT2D eigenvalue weighted by molar-refractivity contribution is -0.126. The molecule has 0 aliphatic carbocycles. The van der Waals surface area contributed by atoms with Gasteiger partial charge in [-0.05, 0) is 63.4 Å². The predicted molar refractivity (Wildman–Crippen MR) is 112 cm³/mol. The highest BCUT2D eigenvalue weighted by atomic mass is 35.5. The van der Waals surface area contributed by atoms with E-state index in [2.05, 4.69) is 41.4 Å². The number of amides is 1. The standard InChI is InChI=1S/C23H28ClFN2O/c1-17-5-2-6-18(15-17)7-4-12-26-23(28)19-10-13-27(14-11-19)16-20-21(24)8-3-9-22(20)25/h2-3,5-6,8-9,15,19H,4,7,10-14,16H2,1H3,(H,26,28). The molecule has 5 heteroatoms. The lowest BCUT2D eigenvalue weighted by Crippen LogP contribution is -2.40. The van der Waals surface area contributed by atoms with Crippen LogP contribution in [-0.4, -0.2) is 30.4 Å². The van der Waals surface area contributed by atoms with Gasteiger partial charge in [0.1, 0.15) is 5.82 Å². The molecule has 1 aliphatic heterocycles. The third-order valence-electron chi connectivity index (χ3n) is 5.43. The van der Waals surface area contributed by atoms with Crippen molar-refractivity contribution in [2.24, 2.45) is 5.92 Å². The number of aryl methyl sites for hydroxylation is 2. The zero-order valence-electron chi connectivity index (χ0n) is 16.4. The van der Waals surface area contributed by atoms with Crippen molar-refractivity contribution >= 4 is 17.5 Å². The molecule has 1 saturated heterocycles. The molecule has 0 bridgehead atoms. The molecule has 0 atom stereocenters. The Morgan fingerprint density at radius 2 is 1.96 bits per heavy atom. The van der Waals surface area contributed by atoms with Crippen LogP contribution in [0.25, 0.3) is 0 Å². The number of halogens is 2. The van der Waals surface area contributed by atoms with Gasteiger partial charge in [0.2, 0.25) is 5.91 Å². The fourth-order valence-corrected chi connectivity index (χ4v) is 4.00. The zero-order valence-corrected chi connectivity index (χ0v) is 17.1. The minimum atomic E-state index is -0.263. The Bertz CT molecular complexity index is 783. The molecule has 1 amide bonds. The lowest BCUT2D eigenvalue weighted by atomic mass is 9.95. The van der Waals surface area contributed by atoms with Crippen LogP contribution in [0.5, 0.6) is 0 Å². The van der Waals surface area contributed by atoms with Crippen LogP contribution in [0.2, 0.25) is 5.02 Å². The molecule has 2 aromatic rings. The Balaban J connectivity index is 1.38. The van der Waals surface area contributed by atoms with Gasteiger partial charge in [0.25, 0.3) is 0 Å². The summed E-state index contributed by atoms with van der Waals surface area (Å²) in [5, 5.41) is 3.55. The number of piperidine rings is 1. The van der Waals surface area contributed by atoms with Gasteiger partial charge in [-0.1, -0.05) is 47.5 Å². The van der Waals surface area contributed by atoms with E-state index in [0.717, 1.165) is 38.8 Å². The van der Waals surface area contributed by atoms with E-state index in [4.69, 9.17) is 11.6 Å². The molecule has 1 N–H and O–H groups in total. The quantitative estimate of drug-likeness (QED) is 0.678. The van der Waals surface area contributed by atoms with Gasteiger partial charge in [0.15, 0.2) is 0 Å². The lowest BCUT2D eigenvalue weighted by Gasteiger charge is -2.31. The van der Waals surface area contributed by atoms with E-state index in [0.29, 0.717) is 23.7 Å². The van der Waals surface area contributed by atoms with Gasteiger partial charge in [-0.3, -0.25) is 9.69 Å². The van der Waals surface area contributed by atoms with E-state index < -0.39 is 0 Å². The Labute approximate surface area is 171 Å². The van der Waals surface area contributed by atoms with Crippen LogP contribution < -0.4 is 5.32 Å². The maximum atomic E-state index is 14.0. The number of carbonyl (C=O) groups is 1. The summed E-state index contributed by atoms with van der Waals surface area (Å²) >= 11 is 6.12. The van der Waals surface area contributed by atoms with Gasteiger partial charge in [0, 0.05) is 29.6 Å². The highest BCUT2D eigenvalue weighted by molar-refractivity contribution is 6.31. The predicted octanol–water partition coefficient (Wildman–Crippen LogP) is 4.75. The summed E-state index contributed by atoms with van der Waals surface area (Å²) in [7, 11) is 0. The summed E-state index contributed by atoms with van der Waals surface area (Å²) in [6, 6.07) is 13.3. The highest BCUT2D eigenvalue weighted by Gasteiger charge is 2.25. The average molecular weight is 403 g/mol. The smallest absolute Gasteiger partial charge is 0.223 e. The van der Waals surface area contributed by atoms with Crippen molar-refractivity contribution in [2.45, 2.75) is 39.2 Å². The minimum absolute atomic E-state index is 0.0475.